The molecule has 0 aliphatic heterocycles. The van der Waals surface area contributed by atoms with Crippen molar-refractivity contribution in [1.29, 1.82) is 0 Å². The van der Waals surface area contributed by atoms with Gasteiger partial charge in [-0.25, -0.2) is 9.59 Å². The van der Waals surface area contributed by atoms with Crippen LogP contribution in [-0.4, -0.2) is 45.9 Å². The molecule has 0 aromatic rings. The van der Waals surface area contributed by atoms with Gasteiger partial charge in [0.25, 0.3) is 0 Å². The molecule has 2 amide bonds. The van der Waals surface area contributed by atoms with Crippen LogP contribution in [-0.2, 0) is 15.6 Å². The second-order valence-electron chi connectivity index (χ2n) is 2.98. The zero-order chi connectivity index (χ0) is 11.8. The predicted molar refractivity (Wildman–Crippen MR) is 57.2 cm³/mol. The second-order valence-corrected chi connectivity index (χ2v) is 4.53. The Hall–Kier alpha value is -1.11. The van der Waals surface area contributed by atoms with Gasteiger partial charge in [0.1, 0.15) is 6.04 Å². The van der Waals surface area contributed by atoms with Crippen LogP contribution >= 0.6 is 0 Å². The van der Waals surface area contributed by atoms with Crippen LogP contribution in [0.25, 0.3) is 0 Å². The van der Waals surface area contributed by atoms with Crippen LogP contribution < -0.4 is 10.6 Å². The van der Waals surface area contributed by atoms with E-state index in [4.69, 9.17) is 5.11 Å². The molecule has 7 heteroatoms. The van der Waals surface area contributed by atoms with E-state index in [1.807, 2.05) is 0 Å². The quantitative estimate of drug-likeness (QED) is 0.581. The summed E-state index contributed by atoms with van der Waals surface area (Å²) in [5.74, 6) is -0.705. The molecule has 0 fully saturated rings. The van der Waals surface area contributed by atoms with Gasteiger partial charge in [0, 0.05) is 29.4 Å². The van der Waals surface area contributed by atoms with Crippen molar-refractivity contribution < 1.29 is 18.9 Å². The zero-order valence-electron chi connectivity index (χ0n) is 8.78. The number of carboxylic acid groups (broad SMARTS) is 1. The molecule has 0 bridgehead atoms. The Bertz CT molecular complexity index is 257. The van der Waals surface area contributed by atoms with Crippen molar-refractivity contribution in [3.05, 3.63) is 0 Å². The van der Waals surface area contributed by atoms with Gasteiger partial charge in [0.15, 0.2) is 0 Å². The lowest BCUT2D eigenvalue weighted by molar-refractivity contribution is -0.139. The van der Waals surface area contributed by atoms with E-state index in [1.54, 1.807) is 6.92 Å². The number of urea groups is 1. The fourth-order valence-corrected chi connectivity index (χ4v) is 1.25. The lowest BCUT2D eigenvalue weighted by atomic mass is 10.2. The van der Waals surface area contributed by atoms with Crippen LogP contribution in [0.2, 0.25) is 0 Å². The molecule has 15 heavy (non-hydrogen) atoms. The molecular weight excluding hydrogens is 220 g/mol. The van der Waals surface area contributed by atoms with Crippen LogP contribution in [0.15, 0.2) is 0 Å². The van der Waals surface area contributed by atoms with Crippen LogP contribution in [0.5, 0.6) is 0 Å². The minimum Gasteiger partial charge on any atom is -0.480 e. The van der Waals surface area contributed by atoms with Crippen molar-refractivity contribution in [2.24, 2.45) is 0 Å². The van der Waals surface area contributed by atoms with Crippen LogP contribution in [0, 0.1) is 0 Å². The topological polar surface area (TPSA) is 95.5 Å². The standard InChI is InChI=1S/C8H16N2O4S/c1-3-6(7(11)12)10-8(13)9-4-5-15(2)14/h6H,3-5H2,1-2H3,(H,11,12)(H2,9,10,13). The van der Waals surface area contributed by atoms with Gasteiger partial charge in [-0.2, -0.15) is 0 Å². The summed E-state index contributed by atoms with van der Waals surface area (Å²) in [5.41, 5.74) is 0. The summed E-state index contributed by atoms with van der Waals surface area (Å²) < 4.78 is 10.7. The molecule has 0 aromatic carbocycles. The lowest BCUT2D eigenvalue weighted by Gasteiger charge is -2.12. The summed E-state index contributed by atoms with van der Waals surface area (Å²) in [5, 5.41) is 13.4. The summed E-state index contributed by atoms with van der Waals surface area (Å²) in [7, 11) is -0.964. The molecule has 0 saturated heterocycles. The molecule has 3 N–H and O–H groups in total. The minimum absolute atomic E-state index is 0.269. The van der Waals surface area contributed by atoms with Gasteiger partial charge in [0.05, 0.1) is 0 Å². The Labute approximate surface area is 90.9 Å². The van der Waals surface area contributed by atoms with E-state index in [0.717, 1.165) is 0 Å². The third-order valence-corrected chi connectivity index (χ3v) is 2.47. The van der Waals surface area contributed by atoms with E-state index < -0.39 is 28.8 Å². The molecule has 0 aliphatic carbocycles. The first-order valence-electron chi connectivity index (χ1n) is 4.54. The Balaban J connectivity index is 3.81. The fraction of sp³-hybridized carbons (Fsp3) is 0.750. The first-order chi connectivity index (χ1) is 6.97. The minimum atomic E-state index is -1.06. The number of hydrogen-bond acceptors (Lipinski definition) is 3. The number of carbonyl (C=O) groups is 2. The first-order valence-corrected chi connectivity index (χ1v) is 6.27. The molecule has 88 valence electrons. The van der Waals surface area contributed by atoms with E-state index in [2.05, 4.69) is 10.6 Å². The summed E-state index contributed by atoms with van der Waals surface area (Å²) in [4.78, 5) is 21.7. The molecule has 2 atom stereocenters. The Kier molecular flexibility index (Phi) is 6.68. The van der Waals surface area contributed by atoms with E-state index in [1.165, 1.54) is 6.26 Å². The SMILES string of the molecule is CCC(NC(=O)NCCS(C)=O)C(=O)O. The number of rotatable bonds is 6. The largest absolute Gasteiger partial charge is 0.480 e. The third kappa shape index (κ3) is 6.89. The van der Waals surface area contributed by atoms with Gasteiger partial charge >= 0.3 is 12.0 Å². The summed E-state index contributed by atoms with van der Waals surface area (Å²) in [6.07, 6.45) is 1.86. The van der Waals surface area contributed by atoms with Crippen molar-refractivity contribution in [1.82, 2.24) is 10.6 Å². The van der Waals surface area contributed by atoms with Gasteiger partial charge in [0.2, 0.25) is 0 Å². The summed E-state index contributed by atoms with van der Waals surface area (Å²) in [6, 6.07) is -1.42. The third-order valence-electron chi connectivity index (χ3n) is 1.69. The second kappa shape index (κ2) is 7.22. The molecule has 0 radical (unpaired) electrons. The van der Waals surface area contributed by atoms with Gasteiger partial charge < -0.3 is 15.7 Å². The smallest absolute Gasteiger partial charge is 0.326 e. The highest BCUT2D eigenvalue weighted by molar-refractivity contribution is 7.84. The first kappa shape index (κ1) is 13.9. The molecule has 0 spiro atoms. The number of aliphatic carboxylic acids is 1. The number of amides is 2. The van der Waals surface area contributed by atoms with Crippen LogP contribution in [0.1, 0.15) is 13.3 Å². The van der Waals surface area contributed by atoms with Crippen molar-refractivity contribution in [2.75, 3.05) is 18.6 Å². The number of hydrogen-bond donors (Lipinski definition) is 3. The highest BCUT2D eigenvalue weighted by Gasteiger charge is 2.16. The van der Waals surface area contributed by atoms with Gasteiger partial charge in [-0.3, -0.25) is 4.21 Å². The zero-order valence-corrected chi connectivity index (χ0v) is 9.60. The Morgan fingerprint density at radius 3 is 2.47 bits per heavy atom. The van der Waals surface area contributed by atoms with Crippen LogP contribution in [0.4, 0.5) is 4.79 Å². The van der Waals surface area contributed by atoms with Gasteiger partial charge in [-0.1, -0.05) is 6.92 Å². The molecule has 0 heterocycles. The van der Waals surface area contributed by atoms with Crippen molar-refractivity contribution in [3.63, 3.8) is 0 Å². The van der Waals surface area contributed by atoms with Crippen LogP contribution in [0.3, 0.4) is 0 Å². The summed E-state index contributed by atoms with van der Waals surface area (Å²) in [6.45, 7) is 1.94. The number of carbonyl (C=O) groups excluding carboxylic acids is 1. The van der Waals surface area contributed by atoms with Crippen molar-refractivity contribution >= 4 is 22.8 Å². The number of carboxylic acids is 1. The maximum Gasteiger partial charge on any atom is 0.326 e. The fourth-order valence-electron chi connectivity index (χ4n) is 0.856. The average molecular weight is 236 g/mol. The average Bonchev–Trinajstić information content (AvgIpc) is 2.13. The van der Waals surface area contributed by atoms with Crippen molar-refractivity contribution in [2.45, 2.75) is 19.4 Å². The molecular formula is C8H16N2O4S. The lowest BCUT2D eigenvalue weighted by Crippen LogP contribution is -2.46. The Morgan fingerprint density at radius 1 is 1.47 bits per heavy atom. The highest BCUT2D eigenvalue weighted by Crippen LogP contribution is 1.89. The maximum atomic E-state index is 11.1. The molecule has 0 saturated carbocycles. The summed E-state index contributed by atoms with van der Waals surface area (Å²) >= 11 is 0. The predicted octanol–water partition coefficient (Wildman–Crippen LogP) is -0.473. The molecule has 6 nitrogen and oxygen atoms in total. The van der Waals surface area contributed by atoms with E-state index >= 15 is 0 Å². The van der Waals surface area contributed by atoms with Crippen molar-refractivity contribution in [3.8, 4) is 0 Å². The molecule has 0 aliphatic rings. The maximum absolute atomic E-state index is 11.1. The van der Waals surface area contributed by atoms with Gasteiger partial charge in [-0.05, 0) is 6.42 Å². The normalized spacial score (nSPS) is 14.0. The van der Waals surface area contributed by atoms with E-state index in [9.17, 15) is 13.8 Å². The van der Waals surface area contributed by atoms with E-state index in [0.29, 0.717) is 12.2 Å². The molecule has 0 rings (SSSR count). The number of nitrogens with one attached hydrogen (secondary N) is 2. The monoisotopic (exact) mass is 236 g/mol. The molecule has 2 unspecified atom stereocenters. The van der Waals surface area contributed by atoms with Gasteiger partial charge in [-0.15, -0.1) is 0 Å². The highest BCUT2D eigenvalue weighted by atomic mass is 32.2. The van der Waals surface area contributed by atoms with E-state index in [-0.39, 0.29) is 6.54 Å². The Morgan fingerprint density at radius 2 is 2.07 bits per heavy atom. The molecule has 0 aromatic heterocycles.